The molecule has 0 fully saturated rings. The van der Waals surface area contributed by atoms with Gasteiger partial charge in [0.25, 0.3) is 0 Å². The molecule has 4 heteroatoms. The van der Waals surface area contributed by atoms with Gasteiger partial charge in [-0.2, -0.15) is 5.10 Å². The van der Waals surface area contributed by atoms with Crippen LogP contribution in [0.4, 0.5) is 0 Å². The quantitative estimate of drug-likeness (QED) is 0.910. The number of hydrogen-bond acceptors (Lipinski definition) is 2. The number of rotatable bonds is 3. The highest BCUT2D eigenvalue weighted by Crippen LogP contribution is 2.25. The molecule has 1 heterocycles. The molecule has 0 spiro atoms. The minimum atomic E-state index is -0.685. The lowest BCUT2D eigenvalue weighted by molar-refractivity contribution is 0.208. The van der Waals surface area contributed by atoms with Crippen molar-refractivity contribution in [1.29, 1.82) is 0 Å². The first kappa shape index (κ1) is 12.1. The third-order valence-corrected chi connectivity index (χ3v) is 3.25. The Bertz CT molecular complexity index is 522. The van der Waals surface area contributed by atoms with Gasteiger partial charge in [-0.1, -0.05) is 23.7 Å². The van der Waals surface area contributed by atoms with Crippen molar-refractivity contribution >= 4 is 11.6 Å². The molecule has 2 aromatic rings. The van der Waals surface area contributed by atoms with E-state index in [1.165, 1.54) is 0 Å². The fourth-order valence-electron chi connectivity index (χ4n) is 1.79. The molecule has 90 valence electrons. The van der Waals surface area contributed by atoms with Crippen LogP contribution in [0.3, 0.4) is 0 Å². The van der Waals surface area contributed by atoms with Crippen LogP contribution in [0, 0.1) is 6.92 Å². The first-order valence-electron chi connectivity index (χ1n) is 5.59. The zero-order chi connectivity index (χ0) is 12.4. The molecule has 17 heavy (non-hydrogen) atoms. The van der Waals surface area contributed by atoms with Gasteiger partial charge in [-0.3, -0.25) is 4.68 Å². The van der Waals surface area contributed by atoms with Crippen molar-refractivity contribution in [3.05, 3.63) is 52.3 Å². The van der Waals surface area contributed by atoms with E-state index in [1.54, 1.807) is 16.9 Å². The van der Waals surface area contributed by atoms with Crippen LogP contribution in [0.2, 0.25) is 5.02 Å². The number of aliphatic hydroxyl groups is 1. The Morgan fingerprint density at radius 1 is 1.41 bits per heavy atom. The highest BCUT2D eigenvalue weighted by atomic mass is 35.5. The van der Waals surface area contributed by atoms with Crippen molar-refractivity contribution in [2.75, 3.05) is 0 Å². The van der Waals surface area contributed by atoms with Crippen LogP contribution >= 0.6 is 11.6 Å². The van der Waals surface area contributed by atoms with Crippen molar-refractivity contribution < 1.29 is 5.11 Å². The molecule has 0 bridgehead atoms. The van der Waals surface area contributed by atoms with Crippen molar-refractivity contribution in [3.63, 3.8) is 0 Å². The summed E-state index contributed by atoms with van der Waals surface area (Å²) < 4.78 is 1.78. The van der Waals surface area contributed by atoms with Gasteiger partial charge in [-0.15, -0.1) is 0 Å². The van der Waals surface area contributed by atoms with Gasteiger partial charge in [0, 0.05) is 17.8 Å². The smallest absolute Gasteiger partial charge is 0.121 e. The normalized spacial score (nSPS) is 12.7. The van der Waals surface area contributed by atoms with Gasteiger partial charge in [0.15, 0.2) is 0 Å². The third-order valence-electron chi connectivity index (χ3n) is 2.84. The zero-order valence-electron chi connectivity index (χ0n) is 9.89. The summed E-state index contributed by atoms with van der Waals surface area (Å²) in [4.78, 5) is 0. The largest absolute Gasteiger partial charge is 0.382 e. The lowest BCUT2D eigenvalue weighted by Gasteiger charge is -2.13. The maximum Gasteiger partial charge on any atom is 0.121 e. The predicted octanol–water partition coefficient (Wildman–Crippen LogP) is 2.95. The van der Waals surface area contributed by atoms with Gasteiger partial charge >= 0.3 is 0 Å². The molecule has 0 amide bonds. The summed E-state index contributed by atoms with van der Waals surface area (Å²) in [6.07, 6.45) is 1.01. The summed E-state index contributed by atoms with van der Waals surface area (Å²) in [6.45, 7) is 4.67. The van der Waals surface area contributed by atoms with Crippen LogP contribution in [0.1, 0.15) is 29.8 Å². The van der Waals surface area contributed by atoms with Crippen molar-refractivity contribution in [2.45, 2.75) is 26.5 Å². The summed E-state index contributed by atoms with van der Waals surface area (Å²) in [5, 5.41) is 15.1. The van der Waals surface area contributed by atoms with E-state index in [1.807, 2.05) is 32.0 Å². The van der Waals surface area contributed by atoms with Gasteiger partial charge in [-0.05, 0) is 37.1 Å². The van der Waals surface area contributed by atoms with E-state index in [-0.39, 0.29) is 0 Å². The van der Waals surface area contributed by atoms with Crippen LogP contribution in [0.15, 0.2) is 30.5 Å². The number of halogens is 1. The molecule has 1 aromatic carbocycles. The second-order valence-electron chi connectivity index (χ2n) is 3.98. The van der Waals surface area contributed by atoms with Crippen molar-refractivity contribution in [1.82, 2.24) is 9.78 Å². The topological polar surface area (TPSA) is 38.0 Å². The monoisotopic (exact) mass is 250 g/mol. The Morgan fingerprint density at radius 2 is 2.18 bits per heavy atom. The van der Waals surface area contributed by atoms with Crippen LogP contribution in [0.5, 0.6) is 0 Å². The van der Waals surface area contributed by atoms with E-state index in [9.17, 15) is 5.11 Å². The first-order chi connectivity index (χ1) is 8.13. The Morgan fingerprint density at radius 3 is 2.82 bits per heavy atom. The van der Waals surface area contributed by atoms with Crippen LogP contribution < -0.4 is 0 Å². The number of aryl methyl sites for hydroxylation is 2. The Hall–Kier alpha value is -1.32. The molecule has 0 saturated heterocycles. The van der Waals surface area contributed by atoms with E-state index >= 15 is 0 Å². The molecule has 3 nitrogen and oxygen atoms in total. The molecule has 0 aliphatic heterocycles. The Labute approximate surface area is 106 Å². The fraction of sp³-hybridized carbons (Fsp3) is 0.308. The standard InChI is InChI=1S/C13H15ClN2O/c1-3-16-12(6-7-15-16)13(17)10-5-4-9(2)11(14)8-10/h4-8,13,17H,3H2,1-2H3. The lowest BCUT2D eigenvalue weighted by atomic mass is 10.0. The first-order valence-corrected chi connectivity index (χ1v) is 5.97. The maximum absolute atomic E-state index is 10.3. The molecule has 0 radical (unpaired) electrons. The third kappa shape index (κ3) is 2.35. The highest BCUT2D eigenvalue weighted by Gasteiger charge is 2.15. The average Bonchev–Trinajstić information content (AvgIpc) is 2.80. The second kappa shape index (κ2) is 4.90. The average molecular weight is 251 g/mol. The molecule has 0 aliphatic rings. The van der Waals surface area contributed by atoms with E-state index in [2.05, 4.69) is 5.10 Å². The van der Waals surface area contributed by atoms with Crippen LogP contribution in [-0.2, 0) is 6.54 Å². The maximum atomic E-state index is 10.3. The minimum absolute atomic E-state index is 0.670. The van der Waals surface area contributed by atoms with Gasteiger partial charge in [-0.25, -0.2) is 0 Å². The molecule has 1 atom stereocenters. The van der Waals surface area contributed by atoms with Gasteiger partial charge in [0.2, 0.25) is 0 Å². The predicted molar refractivity (Wildman–Crippen MR) is 68.2 cm³/mol. The van der Waals surface area contributed by atoms with E-state index in [0.717, 1.165) is 23.4 Å². The molecular weight excluding hydrogens is 236 g/mol. The van der Waals surface area contributed by atoms with Gasteiger partial charge in [0.1, 0.15) is 6.10 Å². The molecular formula is C13H15ClN2O. The lowest BCUT2D eigenvalue weighted by Crippen LogP contribution is -2.09. The zero-order valence-corrected chi connectivity index (χ0v) is 10.6. The Balaban J connectivity index is 2.36. The SMILES string of the molecule is CCn1nccc1C(O)c1ccc(C)c(Cl)c1. The van der Waals surface area contributed by atoms with Gasteiger partial charge < -0.3 is 5.11 Å². The number of hydrogen-bond donors (Lipinski definition) is 1. The molecule has 1 aromatic heterocycles. The molecule has 1 N–H and O–H groups in total. The number of aliphatic hydroxyl groups excluding tert-OH is 1. The molecule has 2 rings (SSSR count). The van der Waals surface area contributed by atoms with Crippen molar-refractivity contribution in [2.24, 2.45) is 0 Å². The highest BCUT2D eigenvalue weighted by molar-refractivity contribution is 6.31. The van der Waals surface area contributed by atoms with Crippen molar-refractivity contribution in [3.8, 4) is 0 Å². The molecule has 1 unspecified atom stereocenters. The summed E-state index contributed by atoms with van der Waals surface area (Å²) in [5.74, 6) is 0. The second-order valence-corrected chi connectivity index (χ2v) is 4.39. The molecule has 0 saturated carbocycles. The Kier molecular flexibility index (Phi) is 3.50. The minimum Gasteiger partial charge on any atom is -0.382 e. The van der Waals surface area contributed by atoms with E-state index in [0.29, 0.717) is 5.02 Å². The van der Waals surface area contributed by atoms with E-state index in [4.69, 9.17) is 11.6 Å². The molecule has 0 aliphatic carbocycles. The van der Waals surface area contributed by atoms with Crippen LogP contribution in [0.25, 0.3) is 0 Å². The number of benzene rings is 1. The summed E-state index contributed by atoms with van der Waals surface area (Å²) in [5.41, 5.74) is 2.58. The summed E-state index contributed by atoms with van der Waals surface area (Å²) in [7, 11) is 0. The fourth-order valence-corrected chi connectivity index (χ4v) is 1.98. The summed E-state index contributed by atoms with van der Waals surface area (Å²) >= 11 is 6.06. The van der Waals surface area contributed by atoms with E-state index < -0.39 is 6.10 Å². The number of aromatic nitrogens is 2. The summed E-state index contributed by atoms with van der Waals surface area (Å²) in [6, 6.07) is 7.42. The number of nitrogens with zero attached hydrogens (tertiary/aromatic N) is 2. The van der Waals surface area contributed by atoms with Crippen LogP contribution in [-0.4, -0.2) is 14.9 Å². The van der Waals surface area contributed by atoms with Gasteiger partial charge in [0.05, 0.1) is 5.69 Å².